The highest BCUT2D eigenvalue weighted by Crippen LogP contribution is 2.25. The summed E-state index contributed by atoms with van der Waals surface area (Å²) in [6, 6.07) is 4.19. The Morgan fingerprint density at radius 1 is 1.36 bits per heavy atom. The summed E-state index contributed by atoms with van der Waals surface area (Å²) in [5.41, 5.74) is 3.82. The van der Waals surface area contributed by atoms with Crippen molar-refractivity contribution < 1.29 is 0 Å². The van der Waals surface area contributed by atoms with Crippen LogP contribution in [-0.2, 0) is 0 Å². The third kappa shape index (κ3) is 2.61. The van der Waals surface area contributed by atoms with Gasteiger partial charge in [0.15, 0.2) is 0 Å². The van der Waals surface area contributed by atoms with E-state index in [4.69, 9.17) is 0 Å². The van der Waals surface area contributed by atoms with E-state index in [1.54, 1.807) is 0 Å². The van der Waals surface area contributed by atoms with Crippen LogP contribution in [0.25, 0.3) is 0 Å². The number of hydrogen-bond acceptors (Lipinski definition) is 1. The number of halogens is 1. The molecule has 0 unspecified atom stereocenters. The summed E-state index contributed by atoms with van der Waals surface area (Å²) in [7, 11) is 0. The van der Waals surface area contributed by atoms with Crippen molar-refractivity contribution in [1.29, 1.82) is 0 Å². The minimum atomic E-state index is 0.950. The first-order chi connectivity index (χ1) is 6.66. The lowest BCUT2D eigenvalue weighted by atomic mass is 10.1. The third-order valence-corrected chi connectivity index (χ3v) is 3.24. The summed E-state index contributed by atoms with van der Waals surface area (Å²) >= 11 is 3.52. The normalized spacial score (nSPS) is 9.93. The quantitative estimate of drug-likeness (QED) is 0.631. The number of anilines is 1. The van der Waals surface area contributed by atoms with Crippen molar-refractivity contribution in [2.75, 3.05) is 11.9 Å². The Morgan fingerprint density at radius 2 is 2.07 bits per heavy atom. The van der Waals surface area contributed by atoms with E-state index in [2.05, 4.69) is 53.8 Å². The van der Waals surface area contributed by atoms with E-state index >= 15 is 0 Å². The molecule has 0 saturated heterocycles. The Kier molecular flexibility index (Phi) is 4.21. The number of benzene rings is 1. The molecule has 1 N–H and O–H groups in total. The van der Waals surface area contributed by atoms with Crippen LogP contribution in [0.15, 0.2) is 29.3 Å². The second kappa shape index (κ2) is 5.20. The van der Waals surface area contributed by atoms with Gasteiger partial charge in [0.2, 0.25) is 0 Å². The largest absolute Gasteiger partial charge is 0.385 e. The average Bonchev–Trinajstić information content (AvgIpc) is 2.18. The van der Waals surface area contributed by atoms with Gasteiger partial charge in [0.1, 0.15) is 0 Å². The molecule has 1 aromatic rings. The molecule has 1 aromatic carbocycles. The van der Waals surface area contributed by atoms with Gasteiger partial charge in [-0.3, -0.25) is 0 Å². The fourth-order valence-electron chi connectivity index (χ4n) is 1.29. The molecule has 0 aromatic heterocycles. The fraction of sp³-hybridized carbons (Fsp3) is 0.333. The van der Waals surface area contributed by atoms with Crippen molar-refractivity contribution in [1.82, 2.24) is 0 Å². The van der Waals surface area contributed by atoms with Crippen molar-refractivity contribution in [3.63, 3.8) is 0 Å². The van der Waals surface area contributed by atoms with Gasteiger partial charge >= 0.3 is 0 Å². The van der Waals surface area contributed by atoms with Gasteiger partial charge in [-0.1, -0.05) is 22.0 Å². The van der Waals surface area contributed by atoms with Crippen LogP contribution in [0.3, 0.4) is 0 Å². The molecule has 0 aliphatic carbocycles. The molecule has 0 atom stereocenters. The Hall–Kier alpha value is -0.760. The molecule has 0 heterocycles. The Bertz CT molecular complexity index is 331. The van der Waals surface area contributed by atoms with Gasteiger partial charge < -0.3 is 5.32 Å². The van der Waals surface area contributed by atoms with Crippen molar-refractivity contribution in [2.45, 2.75) is 20.3 Å². The monoisotopic (exact) mass is 253 g/mol. The lowest BCUT2D eigenvalue weighted by molar-refractivity contribution is 1.06. The Morgan fingerprint density at radius 3 is 2.71 bits per heavy atom. The van der Waals surface area contributed by atoms with E-state index < -0.39 is 0 Å². The molecule has 0 spiro atoms. The van der Waals surface area contributed by atoms with Gasteiger partial charge in [-0.25, -0.2) is 0 Å². The number of rotatable bonds is 4. The molecule has 0 saturated carbocycles. The fourth-order valence-corrected chi connectivity index (χ4v) is 1.72. The lowest BCUT2D eigenvalue weighted by Crippen LogP contribution is -2.02. The number of nitrogens with one attached hydrogen (secondary N) is 1. The van der Waals surface area contributed by atoms with Gasteiger partial charge in [0.25, 0.3) is 0 Å². The van der Waals surface area contributed by atoms with Crippen LogP contribution >= 0.6 is 15.9 Å². The molecule has 14 heavy (non-hydrogen) atoms. The van der Waals surface area contributed by atoms with Gasteiger partial charge in [-0.2, -0.15) is 0 Å². The first-order valence-electron chi connectivity index (χ1n) is 4.77. The van der Waals surface area contributed by atoms with Gasteiger partial charge in [0.05, 0.1) is 0 Å². The van der Waals surface area contributed by atoms with E-state index in [0.29, 0.717) is 0 Å². The van der Waals surface area contributed by atoms with E-state index in [-0.39, 0.29) is 0 Å². The molecule has 0 amide bonds. The molecule has 0 aliphatic rings. The average molecular weight is 254 g/mol. The SMILES string of the molecule is C=CCCNc1ccc(Br)c(C)c1C. The molecule has 0 fully saturated rings. The standard InChI is InChI=1S/C12H16BrN/c1-4-5-8-14-12-7-6-11(13)9(2)10(12)3/h4,6-7,14H,1,5,8H2,2-3H3. The van der Waals surface area contributed by atoms with Crippen LogP contribution in [0.4, 0.5) is 5.69 Å². The Labute approximate surface area is 94.3 Å². The maximum atomic E-state index is 3.70. The van der Waals surface area contributed by atoms with E-state index in [1.807, 2.05) is 6.08 Å². The van der Waals surface area contributed by atoms with E-state index in [9.17, 15) is 0 Å². The Balaban J connectivity index is 2.78. The molecular weight excluding hydrogens is 238 g/mol. The third-order valence-electron chi connectivity index (χ3n) is 2.38. The summed E-state index contributed by atoms with van der Waals surface area (Å²) in [6.45, 7) is 8.91. The summed E-state index contributed by atoms with van der Waals surface area (Å²) in [6.07, 6.45) is 2.92. The maximum Gasteiger partial charge on any atom is 0.0373 e. The highest BCUT2D eigenvalue weighted by molar-refractivity contribution is 9.10. The second-order valence-corrected chi connectivity index (χ2v) is 4.20. The summed E-state index contributed by atoms with van der Waals surface area (Å²) in [4.78, 5) is 0. The minimum Gasteiger partial charge on any atom is -0.385 e. The first kappa shape index (κ1) is 11.3. The zero-order valence-electron chi connectivity index (χ0n) is 8.73. The highest BCUT2D eigenvalue weighted by Gasteiger charge is 2.02. The second-order valence-electron chi connectivity index (χ2n) is 3.35. The maximum absolute atomic E-state index is 3.70. The summed E-state index contributed by atoms with van der Waals surface area (Å²) < 4.78 is 1.17. The molecule has 2 heteroatoms. The zero-order valence-corrected chi connectivity index (χ0v) is 10.3. The summed E-state index contributed by atoms with van der Waals surface area (Å²) in [5.74, 6) is 0. The van der Waals surface area contributed by atoms with Crippen LogP contribution in [-0.4, -0.2) is 6.54 Å². The van der Waals surface area contributed by atoms with Crippen molar-refractivity contribution >= 4 is 21.6 Å². The van der Waals surface area contributed by atoms with Crippen molar-refractivity contribution in [2.24, 2.45) is 0 Å². The van der Waals surface area contributed by atoms with Crippen LogP contribution < -0.4 is 5.32 Å². The van der Waals surface area contributed by atoms with E-state index in [0.717, 1.165) is 13.0 Å². The number of hydrogen-bond donors (Lipinski definition) is 1. The molecule has 1 nitrogen and oxygen atoms in total. The molecular formula is C12H16BrN. The molecule has 0 radical (unpaired) electrons. The minimum absolute atomic E-state index is 0.950. The van der Waals surface area contributed by atoms with Crippen molar-refractivity contribution in [3.8, 4) is 0 Å². The van der Waals surface area contributed by atoms with Gasteiger partial charge in [0, 0.05) is 16.7 Å². The smallest absolute Gasteiger partial charge is 0.0373 e. The van der Waals surface area contributed by atoms with E-state index in [1.165, 1.54) is 21.3 Å². The zero-order chi connectivity index (χ0) is 10.6. The molecule has 1 rings (SSSR count). The molecule has 0 bridgehead atoms. The van der Waals surface area contributed by atoms with Crippen LogP contribution in [0.1, 0.15) is 17.5 Å². The molecule has 0 aliphatic heterocycles. The topological polar surface area (TPSA) is 12.0 Å². The summed E-state index contributed by atoms with van der Waals surface area (Å²) in [5, 5.41) is 3.39. The van der Waals surface area contributed by atoms with Crippen molar-refractivity contribution in [3.05, 3.63) is 40.4 Å². The van der Waals surface area contributed by atoms with Crippen LogP contribution in [0.5, 0.6) is 0 Å². The highest BCUT2D eigenvalue weighted by atomic mass is 79.9. The van der Waals surface area contributed by atoms with Gasteiger partial charge in [-0.05, 0) is 43.5 Å². The van der Waals surface area contributed by atoms with Gasteiger partial charge in [-0.15, -0.1) is 6.58 Å². The molecule has 76 valence electrons. The predicted octanol–water partition coefficient (Wildman–Crippen LogP) is 4.05. The first-order valence-corrected chi connectivity index (χ1v) is 5.56. The van der Waals surface area contributed by atoms with Crippen LogP contribution in [0.2, 0.25) is 0 Å². The van der Waals surface area contributed by atoms with Crippen LogP contribution in [0, 0.1) is 13.8 Å². The lowest BCUT2D eigenvalue weighted by Gasteiger charge is -2.11. The predicted molar refractivity (Wildman–Crippen MR) is 66.9 cm³/mol.